The van der Waals surface area contributed by atoms with Crippen molar-refractivity contribution in [1.29, 1.82) is 0 Å². The maximum atomic E-state index is 12.7. The summed E-state index contributed by atoms with van der Waals surface area (Å²) < 4.78 is 16.7. The monoisotopic (exact) mass is 420 g/mol. The molecule has 3 aromatic carbocycles. The molecule has 0 atom stereocenters. The topological polar surface area (TPSA) is 61.8 Å². The summed E-state index contributed by atoms with van der Waals surface area (Å²) >= 11 is 5.86. The molecule has 30 heavy (non-hydrogen) atoms. The number of hydrogen-bond donors (Lipinski definition) is 0. The first-order chi connectivity index (χ1) is 14.5. The average molecular weight is 421 g/mol. The van der Waals surface area contributed by atoms with E-state index in [0.29, 0.717) is 45.6 Å². The van der Waals surface area contributed by atoms with Crippen molar-refractivity contribution in [2.75, 3.05) is 6.61 Å². The first-order valence-corrected chi connectivity index (χ1v) is 9.71. The minimum absolute atomic E-state index is 0.147. The van der Waals surface area contributed by atoms with Crippen LogP contribution in [0.25, 0.3) is 6.08 Å². The van der Waals surface area contributed by atoms with E-state index in [1.807, 2.05) is 6.92 Å². The Hall–Kier alpha value is -3.57. The van der Waals surface area contributed by atoms with E-state index in [1.54, 1.807) is 72.8 Å². The van der Waals surface area contributed by atoms with E-state index in [0.717, 1.165) is 0 Å². The molecule has 150 valence electrons. The standard InChI is InChI=1S/C24H17ClO5/c1-2-28-18-11-12-19-21(14-18)29-22(23(19)26)13-16-5-3-4-6-20(16)30-24(27)15-7-9-17(25)10-8-15/h3-14H,2H2,1H3/b22-13-. The summed E-state index contributed by atoms with van der Waals surface area (Å²) in [7, 11) is 0. The number of ether oxygens (including phenoxy) is 3. The molecular weight excluding hydrogens is 404 g/mol. The smallest absolute Gasteiger partial charge is 0.343 e. The predicted molar refractivity (Wildman–Crippen MR) is 113 cm³/mol. The minimum atomic E-state index is -0.527. The number of halogens is 1. The number of carbonyl (C=O) groups excluding carboxylic acids is 2. The van der Waals surface area contributed by atoms with Crippen molar-refractivity contribution < 1.29 is 23.8 Å². The van der Waals surface area contributed by atoms with Crippen molar-refractivity contribution >= 4 is 29.4 Å². The van der Waals surface area contributed by atoms with Crippen LogP contribution in [0.3, 0.4) is 0 Å². The van der Waals surface area contributed by atoms with Gasteiger partial charge in [0.1, 0.15) is 17.2 Å². The molecule has 1 heterocycles. The number of carbonyl (C=O) groups is 2. The van der Waals surface area contributed by atoms with Crippen LogP contribution in [-0.2, 0) is 0 Å². The third-order valence-corrected chi connectivity index (χ3v) is 4.69. The van der Waals surface area contributed by atoms with Crippen LogP contribution < -0.4 is 14.2 Å². The summed E-state index contributed by atoms with van der Waals surface area (Å²) in [5.41, 5.74) is 1.37. The second-order valence-electron chi connectivity index (χ2n) is 6.46. The van der Waals surface area contributed by atoms with Crippen LogP contribution in [0.1, 0.15) is 33.2 Å². The van der Waals surface area contributed by atoms with E-state index in [-0.39, 0.29) is 11.5 Å². The quantitative estimate of drug-likeness (QED) is 0.306. The van der Waals surface area contributed by atoms with Gasteiger partial charge >= 0.3 is 5.97 Å². The average Bonchev–Trinajstić information content (AvgIpc) is 3.05. The van der Waals surface area contributed by atoms with Gasteiger partial charge in [0.05, 0.1) is 17.7 Å². The first kappa shape index (κ1) is 19.7. The molecule has 1 aliphatic heterocycles. The molecule has 0 aromatic heterocycles. The van der Waals surface area contributed by atoms with Crippen molar-refractivity contribution in [3.8, 4) is 17.2 Å². The summed E-state index contributed by atoms with van der Waals surface area (Å²) in [5, 5.41) is 0.528. The summed E-state index contributed by atoms with van der Waals surface area (Å²) in [4.78, 5) is 25.2. The lowest BCUT2D eigenvalue weighted by atomic mass is 10.1. The number of fused-ring (bicyclic) bond motifs is 1. The predicted octanol–water partition coefficient (Wildman–Crippen LogP) is 5.57. The third kappa shape index (κ3) is 4.07. The lowest BCUT2D eigenvalue weighted by Gasteiger charge is -2.08. The fourth-order valence-electron chi connectivity index (χ4n) is 3.00. The fourth-order valence-corrected chi connectivity index (χ4v) is 3.13. The molecule has 0 saturated carbocycles. The Balaban J connectivity index is 1.59. The molecule has 0 fully saturated rings. The first-order valence-electron chi connectivity index (χ1n) is 9.33. The number of Topliss-reactive ketones (excluding diaryl/α,β-unsaturated/α-hetero) is 1. The van der Waals surface area contributed by atoms with Gasteiger partial charge in [0.2, 0.25) is 5.78 Å². The molecule has 1 aliphatic rings. The number of rotatable bonds is 5. The highest BCUT2D eigenvalue weighted by Gasteiger charge is 2.28. The van der Waals surface area contributed by atoms with Crippen molar-refractivity contribution in [2.24, 2.45) is 0 Å². The minimum Gasteiger partial charge on any atom is -0.494 e. The highest BCUT2D eigenvalue weighted by Crippen LogP contribution is 2.35. The van der Waals surface area contributed by atoms with E-state index in [2.05, 4.69) is 0 Å². The van der Waals surface area contributed by atoms with Crippen LogP contribution in [0, 0.1) is 0 Å². The van der Waals surface area contributed by atoms with Crippen LogP contribution in [0.5, 0.6) is 17.2 Å². The highest BCUT2D eigenvalue weighted by molar-refractivity contribution is 6.30. The fraction of sp³-hybridized carbons (Fsp3) is 0.0833. The molecule has 0 unspecified atom stereocenters. The third-order valence-electron chi connectivity index (χ3n) is 4.44. The SMILES string of the molecule is CCOc1ccc2c(c1)O/C(=C\c1ccccc1OC(=O)c1ccc(Cl)cc1)C2=O. The second kappa shape index (κ2) is 8.43. The number of allylic oxidation sites excluding steroid dienone is 1. The van der Waals surface area contributed by atoms with Gasteiger partial charge in [-0.15, -0.1) is 0 Å². The Bertz CT molecular complexity index is 1150. The maximum absolute atomic E-state index is 12.7. The van der Waals surface area contributed by atoms with Crippen LogP contribution >= 0.6 is 11.6 Å². The van der Waals surface area contributed by atoms with Gasteiger partial charge in [-0.2, -0.15) is 0 Å². The number of esters is 1. The molecule has 0 spiro atoms. The molecule has 0 saturated heterocycles. The summed E-state index contributed by atoms with van der Waals surface area (Å²) in [6, 6.07) is 18.4. The summed E-state index contributed by atoms with van der Waals surface area (Å²) in [5.74, 6) is 0.754. The van der Waals surface area contributed by atoms with Crippen molar-refractivity contribution in [1.82, 2.24) is 0 Å². The van der Waals surface area contributed by atoms with Gasteiger partial charge in [0.15, 0.2) is 5.76 Å². The molecule has 0 bridgehead atoms. The molecule has 0 amide bonds. The molecule has 6 heteroatoms. The van der Waals surface area contributed by atoms with Gasteiger partial charge in [-0.25, -0.2) is 4.79 Å². The molecule has 5 nitrogen and oxygen atoms in total. The number of hydrogen-bond acceptors (Lipinski definition) is 5. The molecule has 0 N–H and O–H groups in total. The van der Waals surface area contributed by atoms with Gasteiger partial charge < -0.3 is 14.2 Å². The van der Waals surface area contributed by atoms with E-state index in [4.69, 9.17) is 25.8 Å². The Morgan fingerprint density at radius 1 is 1.07 bits per heavy atom. The lowest BCUT2D eigenvalue weighted by Crippen LogP contribution is -2.09. The molecule has 0 radical (unpaired) electrons. The van der Waals surface area contributed by atoms with Crippen molar-refractivity contribution in [3.63, 3.8) is 0 Å². The van der Waals surface area contributed by atoms with E-state index < -0.39 is 5.97 Å². The molecule has 0 aliphatic carbocycles. The normalized spacial score (nSPS) is 13.7. The number of benzene rings is 3. The maximum Gasteiger partial charge on any atom is 0.343 e. The van der Waals surface area contributed by atoms with E-state index >= 15 is 0 Å². The van der Waals surface area contributed by atoms with Gasteiger partial charge in [-0.3, -0.25) is 4.79 Å². The van der Waals surface area contributed by atoms with Crippen molar-refractivity contribution in [3.05, 3.63) is 94.2 Å². The van der Waals surface area contributed by atoms with Gasteiger partial charge in [0.25, 0.3) is 0 Å². The number of para-hydroxylation sites is 1. The Labute approximate surface area is 178 Å². The van der Waals surface area contributed by atoms with Crippen LogP contribution in [0.15, 0.2) is 72.5 Å². The Kier molecular flexibility index (Phi) is 5.55. The molecule has 4 rings (SSSR count). The van der Waals surface area contributed by atoms with Crippen molar-refractivity contribution in [2.45, 2.75) is 6.92 Å². The highest BCUT2D eigenvalue weighted by atomic mass is 35.5. The van der Waals surface area contributed by atoms with Gasteiger partial charge in [-0.1, -0.05) is 29.8 Å². The van der Waals surface area contributed by atoms with E-state index in [1.165, 1.54) is 0 Å². The zero-order valence-corrected chi connectivity index (χ0v) is 16.8. The largest absolute Gasteiger partial charge is 0.494 e. The molecule has 3 aromatic rings. The summed E-state index contributed by atoms with van der Waals surface area (Å²) in [6.07, 6.45) is 1.56. The zero-order chi connectivity index (χ0) is 21.1. The lowest BCUT2D eigenvalue weighted by molar-refractivity contribution is 0.0734. The molecular formula is C24H17ClO5. The zero-order valence-electron chi connectivity index (χ0n) is 16.1. The Morgan fingerprint density at radius 2 is 1.83 bits per heavy atom. The van der Waals surface area contributed by atoms with Gasteiger partial charge in [0, 0.05) is 16.7 Å². The summed E-state index contributed by atoms with van der Waals surface area (Å²) in [6.45, 7) is 2.40. The van der Waals surface area contributed by atoms with Crippen LogP contribution in [0.2, 0.25) is 5.02 Å². The van der Waals surface area contributed by atoms with Crippen LogP contribution in [-0.4, -0.2) is 18.4 Å². The van der Waals surface area contributed by atoms with Crippen LogP contribution in [0.4, 0.5) is 0 Å². The number of ketones is 1. The second-order valence-corrected chi connectivity index (χ2v) is 6.90. The van der Waals surface area contributed by atoms with E-state index in [9.17, 15) is 9.59 Å². The Morgan fingerprint density at radius 3 is 2.60 bits per heavy atom. The van der Waals surface area contributed by atoms with Gasteiger partial charge in [-0.05, 0) is 55.5 Å².